The van der Waals surface area contributed by atoms with Crippen molar-refractivity contribution in [1.82, 2.24) is 9.80 Å². The first kappa shape index (κ1) is 15.6. The molecule has 2 aliphatic rings. The zero-order valence-electron chi connectivity index (χ0n) is 13.1. The molecule has 0 atom stereocenters. The maximum atomic E-state index is 12.9. The van der Waals surface area contributed by atoms with Crippen LogP contribution in [0.2, 0.25) is 0 Å². The molecule has 0 unspecified atom stereocenters. The maximum Gasteiger partial charge on any atom is 0.176 e. The van der Waals surface area contributed by atoms with Crippen LogP contribution in [0.1, 0.15) is 42.5 Å². The van der Waals surface area contributed by atoms with E-state index in [0.717, 1.165) is 32.2 Å². The van der Waals surface area contributed by atoms with E-state index in [-0.39, 0.29) is 11.6 Å². The van der Waals surface area contributed by atoms with Gasteiger partial charge in [0.05, 0.1) is 6.54 Å². The Balaban J connectivity index is 1.47. The van der Waals surface area contributed by atoms with Gasteiger partial charge in [0.25, 0.3) is 0 Å². The topological polar surface area (TPSA) is 23.6 Å². The van der Waals surface area contributed by atoms with Gasteiger partial charge in [-0.3, -0.25) is 14.6 Å². The third kappa shape index (κ3) is 3.93. The summed E-state index contributed by atoms with van der Waals surface area (Å²) in [5.41, 5.74) is 0.608. The molecule has 1 aromatic rings. The number of Topliss-reactive ketones (excluding diaryl/α,β-unsaturated/α-hetero) is 1. The first-order chi connectivity index (χ1) is 10.7. The highest BCUT2D eigenvalue weighted by Crippen LogP contribution is 2.23. The minimum atomic E-state index is -0.294. The Morgan fingerprint density at radius 3 is 2.27 bits per heavy atom. The molecule has 1 saturated carbocycles. The van der Waals surface area contributed by atoms with Crippen LogP contribution in [0.25, 0.3) is 0 Å². The van der Waals surface area contributed by atoms with Crippen molar-refractivity contribution in [2.45, 2.75) is 38.1 Å². The molecule has 0 bridgehead atoms. The van der Waals surface area contributed by atoms with Gasteiger partial charge in [0.2, 0.25) is 0 Å². The molecule has 1 aliphatic heterocycles. The first-order valence-corrected chi connectivity index (χ1v) is 8.47. The normalized spacial score (nSPS) is 21.9. The van der Waals surface area contributed by atoms with E-state index in [2.05, 4.69) is 9.80 Å². The van der Waals surface area contributed by atoms with Crippen LogP contribution in [0.3, 0.4) is 0 Å². The van der Waals surface area contributed by atoms with Crippen LogP contribution in [-0.2, 0) is 0 Å². The van der Waals surface area contributed by atoms with E-state index in [9.17, 15) is 9.18 Å². The number of carbonyl (C=O) groups excluding carboxylic acids is 1. The van der Waals surface area contributed by atoms with Crippen LogP contribution in [0, 0.1) is 5.82 Å². The fraction of sp³-hybridized carbons (Fsp3) is 0.611. The van der Waals surface area contributed by atoms with Crippen molar-refractivity contribution in [3.8, 4) is 0 Å². The summed E-state index contributed by atoms with van der Waals surface area (Å²) in [6.07, 6.45) is 6.81. The number of hydrogen-bond acceptors (Lipinski definition) is 3. The van der Waals surface area contributed by atoms with E-state index >= 15 is 0 Å². The largest absolute Gasteiger partial charge is 0.298 e. The van der Waals surface area contributed by atoms with Crippen LogP contribution in [0.5, 0.6) is 0 Å². The van der Waals surface area contributed by atoms with Crippen LogP contribution < -0.4 is 0 Å². The number of benzene rings is 1. The molecule has 0 N–H and O–H groups in total. The van der Waals surface area contributed by atoms with Gasteiger partial charge in [0.1, 0.15) is 5.82 Å². The minimum absolute atomic E-state index is 0.0890. The second-order valence-corrected chi connectivity index (χ2v) is 6.53. The molecule has 1 aromatic carbocycles. The van der Waals surface area contributed by atoms with Crippen LogP contribution in [0.15, 0.2) is 24.3 Å². The van der Waals surface area contributed by atoms with Crippen molar-refractivity contribution in [2.24, 2.45) is 0 Å². The maximum absolute atomic E-state index is 12.9. The average molecular weight is 304 g/mol. The molecule has 22 heavy (non-hydrogen) atoms. The highest BCUT2D eigenvalue weighted by molar-refractivity contribution is 5.97. The number of ketones is 1. The number of carbonyl (C=O) groups is 1. The van der Waals surface area contributed by atoms with Crippen LogP contribution in [0.4, 0.5) is 4.39 Å². The second kappa shape index (κ2) is 7.34. The van der Waals surface area contributed by atoms with E-state index in [4.69, 9.17) is 0 Å². The Hall–Kier alpha value is -1.26. The Kier molecular flexibility index (Phi) is 5.21. The first-order valence-electron chi connectivity index (χ1n) is 8.47. The summed E-state index contributed by atoms with van der Waals surface area (Å²) in [5, 5.41) is 0. The summed E-state index contributed by atoms with van der Waals surface area (Å²) in [4.78, 5) is 17.1. The molecule has 120 valence electrons. The molecule has 3 rings (SSSR count). The third-order valence-electron chi connectivity index (χ3n) is 5.03. The van der Waals surface area contributed by atoms with Crippen molar-refractivity contribution in [2.75, 3.05) is 32.7 Å². The number of nitrogens with zero attached hydrogens (tertiary/aromatic N) is 2. The lowest BCUT2D eigenvalue weighted by molar-refractivity contribution is 0.0691. The van der Waals surface area contributed by atoms with Crippen molar-refractivity contribution in [1.29, 1.82) is 0 Å². The molecule has 2 fully saturated rings. The summed E-state index contributed by atoms with van der Waals surface area (Å²) >= 11 is 0. The van der Waals surface area contributed by atoms with Gasteiger partial charge in [-0.2, -0.15) is 0 Å². The fourth-order valence-electron chi connectivity index (χ4n) is 3.66. The summed E-state index contributed by atoms with van der Waals surface area (Å²) in [5.74, 6) is -0.205. The monoisotopic (exact) mass is 304 g/mol. The van der Waals surface area contributed by atoms with Gasteiger partial charge in [-0.25, -0.2) is 4.39 Å². The minimum Gasteiger partial charge on any atom is -0.298 e. The molecule has 3 nitrogen and oxygen atoms in total. The fourth-order valence-corrected chi connectivity index (χ4v) is 3.66. The van der Waals surface area contributed by atoms with Crippen LogP contribution in [-0.4, -0.2) is 54.3 Å². The van der Waals surface area contributed by atoms with Gasteiger partial charge in [-0.05, 0) is 37.1 Å². The zero-order chi connectivity index (χ0) is 15.4. The molecular formula is C18H25FN2O. The Morgan fingerprint density at radius 2 is 1.64 bits per heavy atom. The highest BCUT2D eigenvalue weighted by atomic mass is 19.1. The Morgan fingerprint density at radius 1 is 1.00 bits per heavy atom. The zero-order valence-corrected chi connectivity index (χ0v) is 13.1. The van der Waals surface area contributed by atoms with Crippen molar-refractivity contribution < 1.29 is 9.18 Å². The number of halogens is 1. The van der Waals surface area contributed by atoms with E-state index < -0.39 is 0 Å². The molecule has 0 amide bonds. The van der Waals surface area contributed by atoms with Gasteiger partial charge < -0.3 is 0 Å². The molecule has 1 saturated heterocycles. The van der Waals surface area contributed by atoms with Crippen LogP contribution >= 0.6 is 0 Å². The van der Waals surface area contributed by atoms with Gasteiger partial charge in [0, 0.05) is 37.8 Å². The second-order valence-electron chi connectivity index (χ2n) is 6.53. The quantitative estimate of drug-likeness (QED) is 0.799. The van der Waals surface area contributed by atoms with Gasteiger partial charge in [-0.15, -0.1) is 0 Å². The average Bonchev–Trinajstić information content (AvgIpc) is 2.57. The molecular weight excluding hydrogens is 279 g/mol. The smallest absolute Gasteiger partial charge is 0.176 e. The number of hydrogen-bond donors (Lipinski definition) is 0. The number of piperazine rings is 1. The predicted octanol–water partition coefficient (Wildman–Crippen LogP) is 2.96. The lowest BCUT2D eigenvalue weighted by Gasteiger charge is -2.40. The lowest BCUT2D eigenvalue weighted by Crippen LogP contribution is -2.51. The van der Waals surface area contributed by atoms with Crippen molar-refractivity contribution >= 4 is 5.78 Å². The van der Waals surface area contributed by atoms with Crippen molar-refractivity contribution in [3.05, 3.63) is 35.6 Å². The summed E-state index contributed by atoms with van der Waals surface area (Å²) in [7, 11) is 0. The lowest BCUT2D eigenvalue weighted by atomic mass is 9.94. The third-order valence-corrected chi connectivity index (χ3v) is 5.03. The number of rotatable bonds is 4. The van der Waals surface area contributed by atoms with E-state index in [1.54, 1.807) is 12.1 Å². The van der Waals surface area contributed by atoms with E-state index in [1.165, 1.54) is 44.2 Å². The molecule has 0 spiro atoms. The molecule has 0 radical (unpaired) electrons. The summed E-state index contributed by atoms with van der Waals surface area (Å²) in [6, 6.07) is 6.64. The van der Waals surface area contributed by atoms with Gasteiger partial charge in [-0.1, -0.05) is 19.3 Å². The molecule has 1 aliphatic carbocycles. The van der Waals surface area contributed by atoms with Crippen molar-refractivity contribution in [3.63, 3.8) is 0 Å². The standard InChI is InChI=1S/C18H25FN2O/c19-16-8-6-15(7-9-16)18(22)14-20-10-12-21(13-11-20)17-4-2-1-3-5-17/h6-9,17H,1-5,10-14H2. The van der Waals surface area contributed by atoms with E-state index in [1.807, 2.05) is 0 Å². The molecule has 0 aromatic heterocycles. The highest BCUT2D eigenvalue weighted by Gasteiger charge is 2.25. The van der Waals surface area contributed by atoms with Gasteiger partial charge >= 0.3 is 0 Å². The molecule has 1 heterocycles. The van der Waals surface area contributed by atoms with E-state index in [0.29, 0.717) is 12.1 Å². The predicted molar refractivity (Wildman–Crippen MR) is 85.6 cm³/mol. The van der Waals surface area contributed by atoms with Gasteiger partial charge in [0.15, 0.2) is 5.78 Å². The SMILES string of the molecule is O=C(CN1CCN(C2CCCCC2)CC1)c1ccc(F)cc1. The molecule has 4 heteroatoms. The summed E-state index contributed by atoms with van der Waals surface area (Å²) in [6.45, 7) is 4.51. The Labute approximate surface area is 132 Å². The Bertz CT molecular complexity index is 488. The summed E-state index contributed by atoms with van der Waals surface area (Å²) < 4.78 is 12.9.